The second-order valence-electron chi connectivity index (χ2n) is 4.71. The first-order valence-corrected chi connectivity index (χ1v) is 7.86. The quantitative estimate of drug-likeness (QED) is 0.770. The molecule has 118 valence electrons. The number of carbonyl (C=O) groups excluding carboxylic acids is 1. The monoisotopic (exact) mass is 323 g/mol. The molecule has 2 rings (SSSR count). The molecule has 2 heterocycles. The van der Waals surface area contributed by atoms with Gasteiger partial charge in [0, 0.05) is 12.8 Å². The number of amides is 1. The fourth-order valence-corrected chi connectivity index (χ4v) is 2.52. The van der Waals surface area contributed by atoms with Gasteiger partial charge in [-0.15, -0.1) is 11.3 Å². The average molecular weight is 323 g/mol. The van der Waals surface area contributed by atoms with Gasteiger partial charge in [0.25, 0.3) is 0 Å². The number of carbonyl (C=O) groups is 2. The number of rotatable bonds is 8. The molecule has 0 aliphatic heterocycles. The van der Waals surface area contributed by atoms with Gasteiger partial charge < -0.3 is 14.9 Å². The number of nitrogens with zero attached hydrogens (tertiary/aromatic N) is 2. The molecule has 0 spiro atoms. The SMILES string of the molecule is CCC(NC(=O)CCCc1nc(-c2cccs2)no1)C(=O)O. The van der Waals surface area contributed by atoms with Crippen LogP contribution in [0.4, 0.5) is 0 Å². The summed E-state index contributed by atoms with van der Waals surface area (Å²) >= 11 is 1.53. The Bertz CT molecular complexity index is 624. The van der Waals surface area contributed by atoms with Crippen LogP contribution < -0.4 is 5.32 Å². The Morgan fingerprint density at radius 1 is 1.50 bits per heavy atom. The third-order valence-corrected chi connectivity index (χ3v) is 3.91. The van der Waals surface area contributed by atoms with Gasteiger partial charge in [0.15, 0.2) is 0 Å². The van der Waals surface area contributed by atoms with E-state index in [-0.39, 0.29) is 12.3 Å². The van der Waals surface area contributed by atoms with Crippen molar-refractivity contribution in [1.82, 2.24) is 15.5 Å². The van der Waals surface area contributed by atoms with E-state index in [9.17, 15) is 9.59 Å². The molecule has 1 unspecified atom stereocenters. The van der Waals surface area contributed by atoms with E-state index in [1.165, 1.54) is 11.3 Å². The fourth-order valence-electron chi connectivity index (χ4n) is 1.87. The van der Waals surface area contributed by atoms with Gasteiger partial charge in [0.1, 0.15) is 6.04 Å². The zero-order chi connectivity index (χ0) is 15.9. The van der Waals surface area contributed by atoms with Gasteiger partial charge >= 0.3 is 5.97 Å². The predicted octanol–water partition coefficient (Wildman–Crippen LogP) is 2.10. The molecular weight excluding hydrogens is 306 g/mol. The van der Waals surface area contributed by atoms with Crippen LogP contribution in [0, 0.1) is 0 Å². The minimum absolute atomic E-state index is 0.223. The minimum Gasteiger partial charge on any atom is -0.480 e. The standard InChI is InChI=1S/C14H17N3O4S/c1-2-9(14(19)20)15-11(18)6-3-7-12-16-13(17-21-12)10-5-4-8-22-10/h4-5,8-9H,2-3,6-7H2,1H3,(H,15,18)(H,19,20). The van der Waals surface area contributed by atoms with Crippen LogP contribution in [0.3, 0.4) is 0 Å². The lowest BCUT2D eigenvalue weighted by atomic mass is 10.2. The van der Waals surface area contributed by atoms with Crippen molar-refractivity contribution in [3.8, 4) is 10.7 Å². The number of hydrogen-bond donors (Lipinski definition) is 2. The number of thiophene rings is 1. The third-order valence-electron chi connectivity index (χ3n) is 3.05. The summed E-state index contributed by atoms with van der Waals surface area (Å²) in [6.07, 6.45) is 1.58. The van der Waals surface area contributed by atoms with Gasteiger partial charge in [-0.25, -0.2) is 4.79 Å². The smallest absolute Gasteiger partial charge is 0.326 e. The molecule has 0 saturated carbocycles. The number of nitrogens with one attached hydrogen (secondary N) is 1. The van der Waals surface area contributed by atoms with Gasteiger partial charge in [-0.3, -0.25) is 4.79 Å². The van der Waals surface area contributed by atoms with Crippen LogP contribution in [0.1, 0.15) is 32.1 Å². The highest BCUT2D eigenvalue weighted by Gasteiger charge is 2.17. The summed E-state index contributed by atoms with van der Waals surface area (Å²) < 4.78 is 5.13. The highest BCUT2D eigenvalue weighted by molar-refractivity contribution is 7.13. The van der Waals surface area contributed by atoms with Crippen LogP contribution >= 0.6 is 11.3 Å². The van der Waals surface area contributed by atoms with Crippen molar-refractivity contribution in [3.05, 3.63) is 23.4 Å². The zero-order valence-corrected chi connectivity index (χ0v) is 12.9. The van der Waals surface area contributed by atoms with E-state index in [0.29, 0.717) is 31.0 Å². The van der Waals surface area contributed by atoms with E-state index >= 15 is 0 Å². The molecule has 1 amide bonds. The van der Waals surface area contributed by atoms with Crippen LogP contribution in [0.15, 0.2) is 22.0 Å². The molecule has 0 aromatic carbocycles. The topological polar surface area (TPSA) is 105 Å². The van der Waals surface area contributed by atoms with Crippen molar-refractivity contribution < 1.29 is 19.2 Å². The Hall–Kier alpha value is -2.22. The summed E-state index contributed by atoms with van der Waals surface area (Å²) in [7, 11) is 0. The number of hydrogen-bond acceptors (Lipinski definition) is 6. The highest BCUT2D eigenvalue weighted by Crippen LogP contribution is 2.21. The van der Waals surface area contributed by atoms with Crippen LogP contribution in [0.25, 0.3) is 10.7 Å². The van der Waals surface area contributed by atoms with Crippen LogP contribution in [-0.4, -0.2) is 33.2 Å². The Balaban J connectivity index is 1.77. The second kappa shape index (κ2) is 7.69. The summed E-state index contributed by atoms with van der Waals surface area (Å²) in [5, 5.41) is 17.2. The maximum atomic E-state index is 11.7. The van der Waals surface area contributed by atoms with E-state index in [1.807, 2.05) is 17.5 Å². The molecule has 0 fully saturated rings. The molecule has 1 atom stereocenters. The average Bonchev–Trinajstić information content (AvgIpc) is 3.15. The maximum absolute atomic E-state index is 11.7. The molecule has 0 bridgehead atoms. The van der Waals surface area contributed by atoms with E-state index in [4.69, 9.17) is 9.63 Å². The third kappa shape index (κ3) is 4.39. The van der Waals surface area contributed by atoms with Crippen molar-refractivity contribution in [2.45, 2.75) is 38.6 Å². The Morgan fingerprint density at radius 3 is 2.95 bits per heavy atom. The Kier molecular flexibility index (Phi) is 5.65. The summed E-state index contributed by atoms with van der Waals surface area (Å²) in [6.45, 7) is 1.71. The molecular formula is C14H17N3O4S. The van der Waals surface area contributed by atoms with Gasteiger partial charge in [0.05, 0.1) is 4.88 Å². The summed E-state index contributed by atoms with van der Waals surface area (Å²) in [4.78, 5) is 27.7. The molecule has 0 radical (unpaired) electrons. The molecule has 0 saturated heterocycles. The number of aryl methyl sites for hydroxylation is 1. The molecule has 2 aromatic rings. The second-order valence-corrected chi connectivity index (χ2v) is 5.66. The van der Waals surface area contributed by atoms with Gasteiger partial charge in [-0.1, -0.05) is 18.1 Å². The molecule has 0 aliphatic rings. The molecule has 0 aliphatic carbocycles. The van der Waals surface area contributed by atoms with E-state index in [1.54, 1.807) is 6.92 Å². The van der Waals surface area contributed by atoms with Crippen LogP contribution in [0.2, 0.25) is 0 Å². The lowest BCUT2D eigenvalue weighted by Crippen LogP contribution is -2.40. The van der Waals surface area contributed by atoms with Gasteiger partial charge in [0.2, 0.25) is 17.6 Å². The zero-order valence-electron chi connectivity index (χ0n) is 12.1. The molecule has 7 nitrogen and oxygen atoms in total. The fraction of sp³-hybridized carbons (Fsp3) is 0.429. The minimum atomic E-state index is -1.02. The van der Waals surface area contributed by atoms with Crippen LogP contribution in [-0.2, 0) is 16.0 Å². The number of aliphatic carboxylic acids is 1. The van der Waals surface area contributed by atoms with E-state index in [2.05, 4.69) is 15.5 Å². The normalized spacial score (nSPS) is 12.0. The van der Waals surface area contributed by atoms with Crippen molar-refractivity contribution in [1.29, 1.82) is 0 Å². The molecule has 2 aromatic heterocycles. The first-order chi connectivity index (χ1) is 10.6. The maximum Gasteiger partial charge on any atom is 0.326 e. The molecule has 2 N–H and O–H groups in total. The highest BCUT2D eigenvalue weighted by atomic mass is 32.1. The van der Waals surface area contributed by atoms with Gasteiger partial charge in [-0.05, 0) is 24.3 Å². The molecule has 8 heteroatoms. The van der Waals surface area contributed by atoms with Gasteiger partial charge in [-0.2, -0.15) is 4.98 Å². The first-order valence-electron chi connectivity index (χ1n) is 6.98. The lowest BCUT2D eigenvalue weighted by Gasteiger charge is -2.11. The van der Waals surface area contributed by atoms with Crippen LogP contribution in [0.5, 0.6) is 0 Å². The number of aromatic nitrogens is 2. The summed E-state index contributed by atoms with van der Waals surface area (Å²) in [6, 6.07) is 2.98. The summed E-state index contributed by atoms with van der Waals surface area (Å²) in [5.41, 5.74) is 0. The lowest BCUT2D eigenvalue weighted by molar-refractivity contribution is -0.141. The largest absolute Gasteiger partial charge is 0.480 e. The predicted molar refractivity (Wildman–Crippen MR) is 80.4 cm³/mol. The summed E-state index contributed by atoms with van der Waals surface area (Å²) in [5.74, 6) is -0.284. The van der Waals surface area contributed by atoms with Crippen molar-refractivity contribution in [2.75, 3.05) is 0 Å². The Labute approximate surface area is 131 Å². The van der Waals surface area contributed by atoms with Crippen molar-refractivity contribution in [2.24, 2.45) is 0 Å². The Morgan fingerprint density at radius 2 is 2.32 bits per heavy atom. The van der Waals surface area contributed by atoms with E-state index in [0.717, 1.165) is 4.88 Å². The van der Waals surface area contributed by atoms with E-state index < -0.39 is 12.0 Å². The number of carboxylic acids is 1. The molecule has 22 heavy (non-hydrogen) atoms. The van der Waals surface area contributed by atoms with Crippen molar-refractivity contribution >= 4 is 23.2 Å². The first kappa shape index (κ1) is 16.2. The van der Waals surface area contributed by atoms with Crippen molar-refractivity contribution in [3.63, 3.8) is 0 Å². The number of carboxylic acid groups (broad SMARTS) is 1.